The van der Waals surface area contributed by atoms with Crippen molar-refractivity contribution in [2.24, 2.45) is 0 Å². The lowest BCUT2D eigenvalue weighted by Gasteiger charge is -2.19. The van der Waals surface area contributed by atoms with Crippen LogP contribution >= 0.6 is 0 Å². The number of esters is 1. The number of nitrogens with one attached hydrogen (secondary N) is 1. The predicted octanol–water partition coefficient (Wildman–Crippen LogP) is 1.48. The van der Waals surface area contributed by atoms with Gasteiger partial charge < -0.3 is 19.2 Å². The van der Waals surface area contributed by atoms with E-state index in [1.54, 1.807) is 12.1 Å². The third-order valence-electron chi connectivity index (χ3n) is 3.69. The second-order valence-electron chi connectivity index (χ2n) is 4.85. The highest BCUT2D eigenvalue weighted by atomic mass is 16.5. The van der Waals surface area contributed by atoms with Crippen LogP contribution in [0.4, 0.5) is 0 Å². The lowest BCUT2D eigenvalue weighted by molar-refractivity contribution is 0.0562. The summed E-state index contributed by atoms with van der Waals surface area (Å²) in [4.78, 5) is 11.2. The first-order valence-electron chi connectivity index (χ1n) is 6.32. The first-order chi connectivity index (χ1) is 8.76. The van der Waals surface area contributed by atoms with E-state index >= 15 is 0 Å². The fourth-order valence-corrected chi connectivity index (χ4v) is 2.77. The van der Waals surface area contributed by atoms with Crippen molar-refractivity contribution in [1.29, 1.82) is 0 Å². The van der Waals surface area contributed by atoms with Crippen molar-refractivity contribution < 1.29 is 18.7 Å². The molecule has 0 aliphatic carbocycles. The van der Waals surface area contributed by atoms with Crippen LogP contribution in [0, 0.1) is 0 Å². The molecule has 3 heterocycles. The van der Waals surface area contributed by atoms with Gasteiger partial charge >= 0.3 is 5.97 Å². The Hall–Kier alpha value is -1.33. The molecule has 3 rings (SSSR count). The van der Waals surface area contributed by atoms with Crippen molar-refractivity contribution in [3.05, 3.63) is 23.7 Å². The molecule has 3 atom stereocenters. The topological polar surface area (TPSA) is 60.7 Å². The van der Waals surface area contributed by atoms with Crippen LogP contribution in [0.15, 0.2) is 16.5 Å². The van der Waals surface area contributed by atoms with Crippen LogP contribution in [0.3, 0.4) is 0 Å². The van der Waals surface area contributed by atoms with Crippen molar-refractivity contribution in [3.63, 3.8) is 0 Å². The highest BCUT2D eigenvalue weighted by Gasteiger charge is 2.40. The molecule has 2 aliphatic heterocycles. The van der Waals surface area contributed by atoms with E-state index < -0.39 is 5.97 Å². The molecule has 2 saturated heterocycles. The second kappa shape index (κ2) is 4.74. The van der Waals surface area contributed by atoms with Crippen LogP contribution in [0.5, 0.6) is 0 Å². The second-order valence-corrected chi connectivity index (χ2v) is 4.85. The van der Waals surface area contributed by atoms with E-state index in [4.69, 9.17) is 9.15 Å². The number of methoxy groups -OCH3 is 1. The number of rotatable bonds is 4. The zero-order valence-corrected chi connectivity index (χ0v) is 10.3. The van der Waals surface area contributed by atoms with Gasteiger partial charge in [0.05, 0.1) is 25.9 Å². The Morgan fingerprint density at radius 1 is 1.50 bits per heavy atom. The molecule has 1 N–H and O–H groups in total. The fourth-order valence-electron chi connectivity index (χ4n) is 2.77. The Balaban J connectivity index is 1.54. The summed E-state index contributed by atoms with van der Waals surface area (Å²) in [5, 5.41) is 3.43. The van der Waals surface area contributed by atoms with Gasteiger partial charge in [-0.05, 0) is 31.4 Å². The normalized spacial score (nSPS) is 29.7. The number of ether oxygens (including phenoxy) is 2. The molecule has 0 amide bonds. The van der Waals surface area contributed by atoms with Gasteiger partial charge in [0.2, 0.25) is 5.76 Å². The highest BCUT2D eigenvalue weighted by Crippen LogP contribution is 2.34. The summed E-state index contributed by atoms with van der Waals surface area (Å²) in [5.74, 6) is 0.557. The lowest BCUT2D eigenvalue weighted by Crippen LogP contribution is -2.36. The molecule has 3 unspecified atom stereocenters. The van der Waals surface area contributed by atoms with Crippen molar-refractivity contribution in [3.8, 4) is 0 Å². The van der Waals surface area contributed by atoms with E-state index in [9.17, 15) is 4.79 Å². The van der Waals surface area contributed by atoms with Gasteiger partial charge in [-0.25, -0.2) is 4.79 Å². The van der Waals surface area contributed by atoms with Gasteiger partial charge in [-0.15, -0.1) is 0 Å². The van der Waals surface area contributed by atoms with Crippen LogP contribution in [-0.4, -0.2) is 31.3 Å². The van der Waals surface area contributed by atoms with E-state index in [0.29, 0.717) is 24.8 Å². The SMILES string of the molecule is COC(=O)c1ccc(CNC2CC3CCC2O3)o1. The summed E-state index contributed by atoms with van der Waals surface area (Å²) in [5.41, 5.74) is 0. The van der Waals surface area contributed by atoms with Crippen LogP contribution in [0.1, 0.15) is 35.6 Å². The zero-order valence-electron chi connectivity index (χ0n) is 10.3. The number of hydrogen-bond donors (Lipinski definition) is 1. The molecule has 0 spiro atoms. The summed E-state index contributed by atoms with van der Waals surface area (Å²) in [7, 11) is 1.34. The summed E-state index contributed by atoms with van der Waals surface area (Å²) in [6.07, 6.45) is 4.21. The number of carbonyl (C=O) groups is 1. The highest BCUT2D eigenvalue weighted by molar-refractivity contribution is 5.86. The molecular weight excluding hydrogens is 234 g/mol. The molecule has 0 saturated carbocycles. The van der Waals surface area contributed by atoms with Crippen LogP contribution in [-0.2, 0) is 16.0 Å². The van der Waals surface area contributed by atoms with E-state index in [-0.39, 0.29) is 5.76 Å². The third kappa shape index (κ3) is 2.15. The Morgan fingerprint density at radius 2 is 2.39 bits per heavy atom. The average molecular weight is 251 g/mol. The lowest BCUT2D eigenvalue weighted by atomic mass is 9.95. The quantitative estimate of drug-likeness (QED) is 0.821. The van der Waals surface area contributed by atoms with Crippen molar-refractivity contribution in [2.75, 3.05) is 7.11 Å². The molecule has 5 heteroatoms. The molecular formula is C13H17NO4. The van der Waals surface area contributed by atoms with Gasteiger partial charge in [-0.2, -0.15) is 0 Å². The molecule has 5 nitrogen and oxygen atoms in total. The maximum absolute atomic E-state index is 11.2. The monoisotopic (exact) mass is 251 g/mol. The van der Waals surface area contributed by atoms with Gasteiger partial charge in [0.15, 0.2) is 0 Å². The standard InChI is InChI=1S/C13H17NO4/c1-16-13(15)12-5-3-9(18-12)7-14-10-6-8-2-4-11(10)17-8/h3,5,8,10-11,14H,2,4,6-7H2,1H3. The number of furan rings is 1. The van der Waals surface area contributed by atoms with E-state index in [1.165, 1.54) is 13.5 Å². The van der Waals surface area contributed by atoms with Crippen LogP contribution in [0.2, 0.25) is 0 Å². The fraction of sp³-hybridized carbons (Fsp3) is 0.615. The maximum Gasteiger partial charge on any atom is 0.373 e. The molecule has 1 aromatic rings. The minimum Gasteiger partial charge on any atom is -0.463 e. The summed E-state index contributed by atoms with van der Waals surface area (Å²) in [6.45, 7) is 0.619. The summed E-state index contributed by atoms with van der Waals surface area (Å²) >= 11 is 0. The molecule has 2 bridgehead atoms. The van der Waals surface area contributed by atoms with E-state index in [0.717, 1.165) is 18.6 Å². The van der Waals surface area contributed by atoms with Gasteiger partial charge in [0.25, 0.3) is 0 Å². The van der Waals surface area contributed by atoms with Crippen molar-refractivity contribution in [1.82, 2.24) is 5.32 Å². The summed E-state index contributed by atoms with van der Waals surface area (Å²) < 4.78 is 15.8. The van der Waals surface area contributed by atoms with E-state index in [2.05, 4.69) is 10.1 Å². The number of hydrogen-bond acceptors (Lipinski definition) is 5. The largest absolute Gasteiger partial charge is 0.463 e. The first-order valence-corrected chi connectivity index (χ1v) is 6.32. The number of carbonyl (C=O) groups excluding carboxylic acids is 1. The molecule has 98 valence electrons. The molecule has 2 aliphatic rings. The van der Waals surface area contributed by atoms with Gasteiger partial charge in [-0.3, -0.25) is 0 Å². The van der Waals surface area contributed by atoms with Crippen molar-refractivity contribution in [2.45, 2.75) is 44.1 Å². The molecule has 2 fully saturated rings. The first kappa shape index (κ1) is 11.7. The Labute approximate surface area is 105 Å². The molecule has 0 aromatic carbocycles. The zero-order chi connectivity index (χ0) is 12.5. The maximum atomic E-state index is 11.2. The van der Waals surface area contributed by atoms with Crippen molar-refractivity contribution >= 4 is 5.97 Å². The van der Waals surface area contributed by atoms with E-state index in [1.807, 2.05) is 0 Å². The minimum atomic E-state index is -0.440. The smallest absolute Gasteiger partial charge is 0.373 e. The molecule has 0 radical (unpaired) electrons. The average Bonchev–Trinajstić information content (AvgIpc) is 3.10. The van der Waals surface area contributed by atoms with Gasteiger partial charge in [0, 0.05) is 6.04 Å². The number of fused-ring (bicyclic) bond motifs is 2. The molecule has 1 aromatic heterocycles. The third-order valence-corrected chi connectivity index (χ3v) is 3.69. The van der Waals surface area contributed by atoms with Crippen LogP contribution in [0.25, 0.3) is 0 Å². The molecule has 18 heavy (non-hydrogen) atoms. The van der Waals surface area contributed by atoms with Gasteiger partial charge in [-0.1, -0.05) is 0 Å². The predicted molar refractivity (Wildman–Crippen MR) is 63.2 cm³/mol. The Kier molecular flexibility index (Phi) is 3.09. The Morgan fingerprint density at radius 3 is 3.06 bits per heavy atom. The van der Waals surface area contributed by atoms with Crippen LogP contribution < -0.4 is 5.32 Å². The minimum absolute atomic E-state index is 0.249. The Bertz CT molecular complexity index is 442. The van der Waals surface area contributed by atoms with Gasteiger partial charge in [0.1, 0.15) is 5.76 Å². The summed E-state index contributed by atoms with van der Waals surface area (Å²) in [6, 6.07) is 3.85.